The molecule has 0 amide bonds. The molecule has 0 aromatic heterocycles. The zero-order valence-corrected chi connectivity index (χ0v) is 45.3. The second-order valence-electron chi connectivity index (χ2n) is 19.0. The number of carboxylic acid groups (broad SMARTS) is 1. The number of hydrogen-bond donors (Lipinski definition) is 1. The zero-order chi connectivity index (χ0) is 51.2. The van der Waals surface area contributed by atoms with Gasteiger partial charge < -0.3 is 43.2 Å². The molecule has 70 heavy (non-hydrogen) atoms. The highest BCUT2D eigenvalue weighted by Crippen LogP contribution is 2.20. The SMILES string of the molecule is CCCCCC/C=C\COC(=O)CCCCCCCOC(COCCCCCCCC(=O)O)COCCOCCOC(=O)CC1CCN(C)CC1.CCCCCCC=CCOC(=O)CCCCCCC. The summed E-state index contributed by atoms with van der Waals surface area (Å²) in [7, 11) is 2.11. The van der Waals surface area contributed by atoms with Crippen molar-refractivity contribution in [3.63, 3.8) is 0 Å². The number of piperidine rings is 1. The molecule has 13 nitrogen and oxygen atoms in total. The van der Waals surface area contributed by atoms with Gasteiger partial charge in [0.25, 0.3) is 0 Å². The summed E-state index contributed by atoms with van der Waals surface area (Å²) in [5.74, 6) is -0.632. The smallest absolute Gasteiger partial charge is 0.306 e. The molecular weight excluding hydrogens is 891 g/mol. The number of unbranched alkanes of at least 4 members (excludes halogenated alkanes) is 20. The highest BCUT2D eigenvalue weighted by molar-refractivity contribution is 5.70. The largest absolute Gasteiger partial charge is 0.481 e. The van der Waals surface area contributed by atoms with Crippen molar-refractivity contribution in [1.82, 2.24) is 4.90 Å². The maximum atomic E-state index is 12.1. The number of likely N-dealkylation sites (tertiary alicyclic amines) is 1. The second kappa shape index (κ2) is 53.9. The maximum absolute atomic E-state index is 12.1. The molecule has 0 aromatic carbocycles. The van der Waals surface area contributed by atoms with Crippen molar-refractivity contribution >= 4 is 23.9 Å². The van der Waals surface area contributed by atoms with E-state index in [0.29, 0.717) is 84.6 Å². The molecule has 0 spiro atoms. The summed E-state index contributed by atoms with van der Waals surface area (Å²) in [5.41, 5.74) is 0. The summed E-state index contributed by atoms with van der Waals surface area (Å²) < 4.78 is 39.2. The normalized spacial score (nSPS) is 13.7. The van der Waals surface area contributed by atoms with Gasteiger partial charge in [-0.15, -0.1) is 0 Å². The van der Waals surface area contributed by atoms with Gasteiger partial charge in [-0.2, -0.15) is 0 Å². The predicted molar refractivity (Wildman–Crippen MR) is 282 cm³/mol. The molecule has 1 saturated heterocycles. The van der Waals surface area contributed by atoms with E-state index in [0.717, 1.165) is 116 Å². The van der Waals surface area contributed by atoms with Crippen molar-refractivity contribution < 1.29 is 57.4 Å². The third-order valence-corrected chi connectivity index (χ3v) is 12.3. The molecule has 410 valence electrons. The van der Waals surface area contributed by atoms with Crippen LogP contribution in [0.25, 0.3) is 0 Å². The molecule has 0 bridgehead atoms. The summed E-state index contributed by atoms with van der Waals surface area (Å²) in [6.45, 7) is 13.0. The van der Waals surface area contributed by atoms with E-state index in [1.807, 2.05) is 12.2 Å². The van der Waals surface area contributed by atoms with Crippen LogP contribution in [0.15, 0.2) is 24.3 Å². The van der Waals surface area contributed by atoms with Gasteiger partial charge in [-0.3, -0.25) is 19.2 Å². The highest BCUT2D eigenvalue weighted by atomic mass is 16.6. The van der Waals surface area contributed by atoms with Gasteiger partial charge in [0, 0.05) is 38.9 Å². The van der Waals surface area contributed by atoms with Crippen molar-refractivity contribution in [2.75, 3.05) is 86.2 Å². The first-order chi connectivity index (χ1) is 34.2. The fraction of sp³-hybridized carbons (Fsp3) is 0.860. The van der Waals surface area contributed by atoms with Crippen molar-refractivity contribution in [2.45, 2.75) is 226 Å². The zero-order valence-electron chi connectivity index (χ0n) is 45.3. The molecule has 0 aliphatic carbocycles. The number of carboxylic acids is 1. The van der Waals surface area contributed by atoms with E-state index in [4.69, 9.17) is 38.3 Å². The van der Waals surface area contributed by atoms with E-state index in [9.17, 15) is 19.2 Å². The lowest BCUT2D eigenvalue weighted by molar-refractivity contribution is -0.147. The van der Waals surface area contributed by atoms with E-state index < -0.39 is 5.97 Å². The molecule has 13 heteroatoms. The van der Waals surface area contributed by atoms with Crippen LogP contribution in [-0.2, 0) is 52.3 Å². The molecule has 1 rings (SSSR count). The topological polar surface area (TPSA) is 156 Å². The van der Waals surface area contributed by atoms with E-state index in [2.05, 4.69) is 44.9 Å². The van der Waals surface area contributed by atoms with Crippen LogP contribution < -0.4 is 0 Å². The predicted octanol–water partition coefficient (Wildman–Crippen LogP) is 12.9. The summed E-state index contributed by atoms with van der Waals surface area (Å²) in [6.07, 6.45) is 39.4. The Morgan fingerprint density at radius 3 is 1.47 bits per heavy atom. The fourth-order valence-electron chi connectivity index (χ4n) is 7.78. The summed E-state index contributed by atoms with van der Waals surface area (Å²) in [6, 6.07) is 0. The lowest BCUT2D eigenvalue weighted by atomic mass is 9.94. The van der Waals surface area contributed by atoms with Crippen LogP contribution in [0.5, 0.6) is 0 Å². The standard InChI is InChI=1S/C40H73NO10.C17H32O2/c1-3-4-5-6-7-13-19-28-50-39(44)21-16-11-9-14-18-27-49-37(34-47-26-17-12-8-10-15-20-38(42)43)35-48-30-29-46-31-32-51-40(45)33-36-22-24-41(2)25-23-36;1-3-5-7-9-10-12-14-16-19-17(18)15-13-11-8-6-4-2/h13,19,36-37H,3-12,14-18,20-35H2,1-2H3,(H,42,43);12,14H,3-11,13,15-16H2,1-2H3/b19-13-;. The molecule has 0 radical (unpaired) electrons. The van der Waals surface area contributed by atoms with Gasteiger partial charge in [0.2, 0.25) is 0 Å². The van der Waals surface area contributed by atoms with Crippen LogP contribution in [0.1, 0.15) is 220 Å². The summed E-state index contributed by atoms with van der Waals surface area (Å²) in [4.78, 5) is 48.4. The van der Waals surface area contributed by atoms with Crippen molar-refractivity contribution in [2.24, 2.45) is 5.92 Å². The average Bonchev–Trinajstić information content (AvgIpc) is 3.34. The second-order valence-corrected chi connectivity index (χ2v) is 19.0. The Morgan fingerprint density at radius 2 is 0.929 bits per heavy atom. The van der Waals surface area contributed by atoms with E-state index in [1.165, 1.54) is 70.6 Å². The Hall–Kier alpha value is -2.84. The van der Waals surface area contributed by atoms with Crippen LogP contribution in [0.3, 0.4) is 0 Å². The molecule has 1 atom stereocenters. The van der Waals surface area contributed by atoms with Gasteiger partial charge in [-0.1, -0.05) is 148 Å². The maximum Gasteiger partial charge on any atom is 0.306 e. The first-order valence-corrected chi connectivity index (χ1v) is 28.2. The van der Waals surface area contributed by atoms with Gasteiger partial charge in [0.1, 0.15) is 25.9 Å². The van der Waals surface area contributed by atoms with E-state index in [-0.39, 0.29) is 37.0 Å². The number of nitrogens with zero attached hydrogens (tertiary/aromatic N) is 1. The Labute approximate surface area is 427 Å². The molecule has 0 aromatic rings. The van der Waals surface area contributed by atoms with Gasteiger partial charge in [-0.25, -0.2) is 0 Å². The molecule has 1 N–H and O–H groups in total. The minimum absolute atomic E-state index is 0.0490. The number of rotatable bonds is 49. The van der Waals surface area contributed by atoms with Gasteiger partial charge in [-0.05, 0) is 96.7 Å². The molecule has 1 unspecified atom stereocenters. The lowest BCUT2D eigenvalue weighted by Gasteiger charge is -2.28. The number of carbonyl (C=O) groups is 4. The van der Waals surface area contributed by atoms with Crippen LogP contribution in [0.2, 0.25) is 0 Å². The summed E-state index contributed by atoms with van der Waals surface area (Å²) >= 11 is 0. The van der Waals surface area contributed by atoms with Gasteiger partial charge >= 0.3 is 23.9 Å². The molecule has 1 heterocycles. The Balaban J connectivity index is 0.00000210. The number of ether oxygens (including phenoxy) is 7. The number of esters is 3. The van der Waals surface area contributed by atoms with Gasteiger partial charge in [0.15, 0.2) is 0 Å². The fourth-order valence-corrected chi connectivity index (χ4v) is 7.78. The third kappa shape index (κ3) is 51.5. The van der Waals surface area contributed by atoms with Crippen LogP contribution in [0, 0.1) is 5.92 Å². The quantitative estimate of drug-likeness (QED) is 0.0266. The van der Waals surface area contributed by atoms with Crippen LogP contribution >= 0.6 is 0 Å². The minimum Gasteiger partial charge on any atom is -0.481 e. The molecule has 1 aliphatic heterocycles. The number of allylic oxidation sites excluding steroid dienone is 2. The van der Waals surface area contributed by atoms with Crippen LogP contribution in [-0.4, -0.2) is 126 Å². The Bertz CT molecular complexity index is 1240. The van der Waals surface area contributed by atoms with E-state index >= 15 is 0 Å². The van der Waals surface area contributed by atoms with Crippen molar-refractivity contribution in [1.29, 1.82) is 0 Å². The number of aliphatic carboxylic acids is 1. The van der Waals surface area contributed by atoms with Crippen molar-refractivity contribution in [3.05, 3.63) is 24.3 Å². The first-order valence-electron chi connectivity index (χ1n) is 28.2. The monoisotopic (exact) mass is 996 g/mol. The molecule has 1 fully saturated rings. The average molecular weight is 996 g/mol. The third-order valence-electron chi connectivity index (χ3n) is 12.3. The van der Waals surface area contributed by atoms with Crippen molar-refractivity contribution in [3.8, 4) is 0 Å². The van der Waals surface area contributed by atoms with Gasteiger partial charge in [0.05, 0.1) is 33.0 Å². The summed E-state index contributed by atoms with van der Waals surface area (Å²) in [5, 5.41) is 8.75. The lowest BCUT2D eigenvalue weighted by Crippen LogP contribution is -2.31. The molecule has 1 aliphatic rings. The minimum atomic E-state index is -0.735. The Kier molecular flexibility index (Phi) is 51.8. The Morgan fingerprint density at radius 1 is 0.486 bits per heavy atom. The van der Waals surface area contributed by atoms with E-state index in [1.54, 1.807) is 0 Å². The number of hydrogen-bond acceptors (Lipinski definition) is 12. The number of carbonyl (C=O) groups excluding carboxylic acids is 3. The molecule has 0 saturated carbocycles. The highest BCUT2D eigenvalue weighted by Gasteiger charge is 2.20. The molecular formula is C57H105NO12. The first kappa shape index (κ1) is 67.2. The van der Waals surface area contributed by atoms with Crippen LogP contribution in [0.4, 0.5) is 0 Å².